The summed E-state index contributed by atoms with van der Waals surface area (Å²) in [5.74, 6) is 0.935. The quantitative estimate of drug-likeness (QED) is 0.891. The Morgan fingerprint density at radius 3 is 2.50 bits per heavy atom. The first kappa shape index (κ1) is 14.1. The molecule has 0 radical (unpaired) electrons. The van der Waals surface area contributed by atoms with E-state index in [9.17, 15) is 13.2 Å². The first-order chi connectivity index (χ1) is 10.5. The molecule has 4 rings (SSSR count). The lowest BCUT2D eigenvalue weighted by Gasteiger charge is -2.29. The van der Waals surface area contributed by atoms with Crippen LogP contribution in [-0.2, 0) is 6.18 Å². The third-order valence-corrected chi connectivity index (χ3v) is 5.03. The van der Waals surface area contributed by atoms with Crippen LogP contribution in [0.15, 0.2) is 30.0 Å². The smallest absolute Gasteiger partial charge is 0.347 e. The number of hydrogen-bond acceptors (Lipinski definition) is 2. The molecule has 3 aliphatic rings. The normalized spacial score (nSPS) is 25.1. The lowest BCUT2D eigenvalue weighted by molar-refractivity contribution is -0.137. The molecule has 0 amide bonds. The predicted octanol–water partition coefficient (Wildman–Crippen LogP) is 3.90. The Morgan fingerprint density at radius 1 is 1.09 bits per heavy atom. The number of piperidine rings is 1. The van der Waals surface area contributed by atoms with E-state index in [1.807, 2.05) is 4.90 Å². The van der Waals surface area contributed by atoms with Crippen LogP contribution in [-0.4, -0.2) is 19.6 Å². The van der Waals surface area contributed by atoms with Crippen LogP contribution in [0.3, 0.4) is 0 Å². The fourth-order valence-electron chi connectivity index (χ4n) is 3.67. The van der Waals surface area contributed by atoms with Gasteiger partial charge in [0.1, 0.15) is 0 Å². The Balaban J connectivity index is 1.72. The van der Waals surface area contributed by atoms with Crippen molar-refractivity contribution in [1.29, 1.82) is 0 Å². The molecule has 5 heteroatoms. The van der Waals surface area contributed by atoms with Gasteiger partial charge in [-0.3, -0.25) is 0 Å². The second kappa shape index (κ2) is 5.01. The molecule has 0 aromatic heterocycles. The Kier molecular flexibility index (Phi) is 3.22. The number of anilines is 1. The Hall–Kier alpha value is -1.49. The van der Waals surface area contributed by atoms with Gasteiger partial charge in [-0.25, -0.2) is 0 Å². The molecule has 1 aromatic rings. The van der Waals surface area contributed by atoms with Crippen molar-refractivity contribution >= 4 is 5.69 Å². The fourth-order valence-corrected chi connectivity index (χ4v) is 3.67. The zero-order valence-electron chi connectivity index (χ0n) is 12.3. The number of rotatable bonds is 2. The molecule has 2 heterocycles. The summed E-state index contributed by atoms with van der Waals surface area (Å²) in [6.07, 6.45) is 0.887. The minimum absolute atomic E-state index is 0.355. The van der Waals surface area contributed by atoms with Crippen molar-refractivity contribution in [2.24, 2.45) is 5.92 Å². The zero-order chi connectivity index (χ0) is 15.3. The van der Waals surface area contributed by atoms with Crippen molar-refractivity contribution in [3.05, 3.63) is 41.1 Å². The number of fused-ring (bicyclic) bond motifs is 1. The average Bonchev–Trinajstić information content (AvgIpc) is 3.13. The molecule has 1 N–H and O–H groups in total. The van der Waals surface area contributed by atoms with Gasteiger partial charge < -0.3 is 10.2 Å². The molecule has 1 atom stereocenters. The molecule has 22 heavy (non-hydrogen) atoms. The van der Waals surface area contributed by atoms with E-state index in [0.29, 0.717) is 11.8 Å². The fraction of sp³-hybridized carbons (Fsp3) is 0.529. The highest BCUT2D eigenvalue weighted by Gasteiger charge is 2.39. The van der Waals surface area contributed by atoms with Crippen molar-refractivity contribution in [3.8, 4) is 0 Å². The van der Waals surface area contributed by atoms with Crippen LogP contribution in [0.25, 0.3) is 0 Å². The van der Waals surface area contributed by atoms with Crippen LogP contribution in [0.5, 0.6) is 0 Å². The van der Waals surface area contributed by atoms with Gasteiger partial charge in [-0.15, -0.1) is 0 Å². The first-order valence-electron chi connectivity index (χ1n) is 7.91. The largest absolute Gasteiger partial charge is 0.416 e. The van der Waals surface area contributed by atoms with E-state index in [-0.39, 0.29) is 0 Å². The van der Waals surface area contributed by atoms with Crippen molar-refractivity contribution in [3.63, 3.8) is 0 Å². The number of halogens is 3. The second-order valence-electron chi connectivity index (χ2n) is 6.55. The van der Waals surface area contributed by atoms with E-state index in [4.69, 9.17) is 0 Å². The number of benzene rings is 1. The summed E-state index contributed by atoms with van der Waals surface area (Å²) in [6, 6.07) is 4.29. The summed E-state index contributed by atoms with van der Waals surface area (Å²) in [5, 5.41) is 3.32. The van der Waals surface area contributed by atoms with Gasteiger partial charge >= 0.3 is 6.18 Å². The number of alkyl halides is 3. The number of nitrogens with zero attached hydrogens (tertiary/aromatic N) is 1. The van der Waals surface area contributed by atoms with Crippen LogP contribution >= 0.6 is 0 Å². The lowest BCUT2D eigenvalue weighted by Crippen LogP contribution is -2.28. The standard InChI is InChI=1S/C17H19F3N2/c18-17(19,20)14-1-2-15(11-3-5-21-6-4-11)16(8-14)22-9-12-7-13(12)10-22/h1-2,8-9,11,13,21H,3-7,10H2/t13-/m1/s1. The molecule has 0 bridgehead atoms. The molecule has 2 aliphatic heterocycles. The molecule has 1 aliphatic carbocycles. The molecule has 1 saturated carbocycles. The van der Waals surface area contributed by atoms with Gasteiger partial charge in [-0.05, 0) is 61.5 Å². The van der Waals surface area contributed by atoms with Crippen molar-refractivity contribution < 1.29 is 13.2 Å². The first-order valence-corrected chi connectivity index (χ1v) is 7.91. The van der Waals surface area contributed by atoms with Crippen LogP contribution < -0.4 is 10.2 Å². The zero-order valence-corrected chi connectivity index (χ0v) is 12.3. The van der Waals surface area contributed by atoms with Crippen LogP contribution in [0.2, 0.25) is 0 Å². The summed E-state index contributed by atoms with van der Waals surface area (Å²) in [5.41, 5.74) is 2.68. The van der Waals surface area contributed by atoms with Crippen molar-refractivity contribution in [2.75, 3.05) is 24.5 Å². The minimum atomic E-state index is -4.28. The van der Waals surface area contributed by atoms with Gasteiger partial charge in [-0.2, -0.15) is 13.2 Å². The maximum atomic E-state index is 13.1. The molecular weight excluding hydrogens is 289 g/mol. The van der Waals surface area contributed by atoms with E-state index in [1.165, 1.54) is 17.7 Å². The van der Waals surface area contributed by atoms with Gasteiger partial charge in [0.15, 0.2) is 0 Å². The topological polar surface area (TPSA) is 15.3 Å². The summed E-state index contributed by atoms with van der Waals surface area (Å²) in [6.45, 7) is 2.72. The predicted molar refractivity (Wildman–Crippen MR) is 79.8 cm³/mol. The summed E-state index contributed by atoms with van der Waals surface area (Å²) < 4.78 is 39.2. The van der Waals surface area contributed by atoms with Gasteiger partial charge in [-0.1, -0.05) is 6.07 Å². The van der Waals surface area contributed by atoms with Crippen LogP contribution in [0.4, 0.5) is 18.9 Å². The average molecular weight is 308 g/mol. The Labute approximate surface area is 128 Å². The highest BCUT2D eigenvalue weighted by atomic mass is 19.4. The van der Waals surface area contributed by atoms with E-state index in [0.717, 1.165) is 50.1 Å². The third-order valence-electron chi connectivity index (χ3n) is 5.03. The number of hydrogen-bond donors (Lipinski definition) is 1. The van der Waals surface area contributed by atoms with Crippen molar-refractivity contribution in [1.82, 2.24) is 5.32 Å². The molecule has 1 aromatic carbocycles. The van der Waals surface area contributed by atoms with Gasteiger partial charge in [0.2, 0.25) is 0 Å². The van der Waals surface area contributed by atoms with Crippen molar-refractivity contribution in [2.45, 2.75) is 31.4 Å². The van der Waals surface area contributed by atoms with E-state index in [2.05, 4.69) is 11.5 Å². The summed E-state index contributed by atoms with van der Waals surface area (Å²) >= 11 is 0. The summed E-state index contributed by atoms with van der Waals surface area (Å²) in [4.78, 5) is 2.04. The van der Waals surface area contributed by atoms with Crippen LogP contribution in [0, 0.1) is 5.92 Å². The molecule has 1 saturated heterocycles. The molecule has 0 spiro atoms. The Morgan fingerprint density at radius 2 is 1.86 bits per heavy atom. The number of nitrogens with one attached hydrogen (secondary N) is 1. The third kappa shape index (κ3) is 2.51. The second-order valence-corrected chi connectivity index (χ2v) is 6.55. The lowest BCUT2D eigenvalue weighted by atomic mass is 9.88. The SMILES string of the molecule is FC(F)(F)c1ccc(C2CCNCC2)c(N2C=C3C[C@@H]3C2)c1. The van der Waals surface area contributed by atoms with E-state index < -0.39 is 11.7 Å². The van der Waals surface area contributed by atoms with Gasteiger partial charge in [0.25, 0.3) is 0 Å². The molecule has 2 fully saturated rings. The maximum absolute atomic E-state index is 13.1. The highest BCUT2D eigenvalue weighted by molar-refractivity contribution is 5.63. The maximum Gasteiger partial charge on any atom is 0.416 e. The van der Waals surface area contributed by atoms with E-state index >= 15 is 0 Å². The monoisotopic (exact) mass is 308 g/mol. The van der Waals surface area contributed by atoms with E-state index in [1.54, 1.807) is 6.07 Å². The van der Waals surface area contributed by atoms with Gasteiger partial charge in [0.05, 0.1) is 5.56 Å². The highest BCUT2D eigenvalue weighted by Crippen LogP contribution is 2.47. The van der Waals surface area contributed by atoms with Gasteiger partial charge in [0, 0.05) is 24.4 Å². The molecule has 0 unspecified atom stereocenters. The Bertz CT molecular complexity index is 615. The summed E-state index contributed by atoms with van der Waals surface area (Å²) in [7, 11) is 0. The molecule has 118 valence electrons. The molecule has 2 nitrogen and oxygen atoms in total. The van der Waals surface area contributed by atoms with Crippen LogP contribution in [0.1, 0.15) is 36.3 Å². The molecular formula is C17H19F3N2. The minimum Gasteiger partial charge on any atom is -0.347 e.